The first kappa shape index (κ1) is 26.6. The molecule has 0 aliphatic rings. The Labute approximate surface area is 236 Å². The monoisotopic (exact) mass is 622 g/mol. The number of benzene rings is 2. The number of carbonyl (C=O) groups excluding carboxylic acids is 1. The third kappa shape index (κ3) is 6.86. The van der Waals surface area contributed by atoms with E-state index >= 15 is 0 Å². The summed E-state index contributed by atoms with van der Waals surface area (Å²) < 4.78 is 7.70. The summed E-state index contributed by atoms with van der Waals surface area (Å²) in [5, 5.41) is 12.8. The highest BCUT2D eigenvalue weighted by Crippen LogP contribution is 2.31. The van der Waals surface area contributed by atoms with Gasteiger partial charge in [-0.05, 0) is 64.4 Å². The number of nitrogens with one attached hydrogen (secondary N) is 2. The van der Waals surface area contributed by atoms with Crippen molar-refractivity contribution >= 4 is 84.6 Å². The smallest absolute Gasteiger partial charge is 0.341 e. The second-order valence-electron chi connectivity index (χ2n) is 7.68. The molecule has 2 heterocycles. The number of anilines is 2. The van der Waals surface area contributed by atoms with Crippen molar-refractivity contribution in [3.05, 3.63) is 96.9 Å². The summed E-state index contributed by atoms with van der Waals surface area (Å²) in [7, 11) is 0. The molecule has 2 N–H and O–H groups in total. The number of halogens is 3. The summed E-state index contributed by atoms with van der Waals surface area (Å²) in [6, 6.07) is 17.2. The third-order valence-corrected chi connectivity index (χ3v) is 7.44. The Morgan fingerprint density at radius 2 is 1.94 bits per heavy atom. The third-order valence-electron chi connectivity index (χ3n) is 5.02. The number of hydrogen-bond acceptors (Lipinski definition) is 5. The summed E-state index contributed by atoms with van der Waals surface area (Å²) in [5.41, 5.74) is 2.47. The Hall–Kier alpha value is -2.43. The molecule has 4 rings (SSSR count). The molecule has 36 heavy (non-hydrogen) atoms. The van der Waals surface area contributed by atoms with Crippen LogP contribution in [0.3, 0.4) is 0 Å². The number of rotatable bonds is 8. The maximum absolute atomic E-state index is 12.6. The van der Waals surface area contributed by atoms with Crippen LogP contribution in [0.1, 0.15) is 33.3 Å². The van der Waals surface area contributed by atoms with Crippen molar-refractivity contribution in [1.29, 1.82) is 0 Å². The molecule has 2 aromatic carbocycles. The van der Waals surface area contributed by atoms with Gasteiger partial charge >= 0.3 is 5.97 Å². The lowest BCUT2D eigenvalue weighted by Crippen LogP contribution is -2.20. The molecule has 0 atom stereocenters. The molecule has 2 aromatic heterocycles. The van der Waals surface area contributed by atoms with E-state index in [2.05, 4.69) is 31.7 Å². The van der Waals surface area contributed by atoms with Gasteiger partial charge in [-0.25, -0.2) is 4.79 Å². The molecular formula is C25H21BrCl2N4O2S2. The lowest BCUT2D eigenvalue weighted by molar-refractivity contribution is 0.0528. The maximum Gasteiger partial charge on any atom is 0.341 e. The highest BCUT2D eigenvalue weighted by atomic mass is 79.9. The predicted molar refractivity (Wildman–Crippen MR) is 155 cm³/mol. The summed E-state index contributed by atoms with van der Waals surface area (Å²) in [6.07, 6.45) is 2.52. The maximum atomic E-state index is 12.6. The number of carbonyl (C=O) groups is 1. The zero-order valence-electron chi connectivity index (χ0n) is 19.1. The van der Waals surface area contributed by atoms with Crippen molar-refractivity contribution in [3.63, 3.8) is 0 Å². The van der Waals surface area contributed by atoms with E-state index in [0.29, 0.717) is 44.5 Å². The lowest BCUT2D eigenvalue weighted by atomic mass is 10.1. The van der Waals surface area contributed by atoms with Gasteiger partial charge in [0, 0.05) is 27.5 Å². The molecule has 0 bridgehead atoms. The van der Waals surface area contributed by atoms with Crippen LogP contribution in [0.2, 0.25) is 10.0 Å². The molecule has 4 aromatic rings. The molecule has 0 spiro atoms. The van der Waals surface area contributed by atoms with Crippen molar-refractivity contribution in [3.8, 4) is 0 Å². The number of aromatic nitrogens is 2. The highest BCUT2D eigenvalue weighted by Gasteiger charge is 2.19. The van der Waals surface area contributed by atoms with Crippen LogP contribution in [0.4, 0.5) is 10.8 Å². The molecule has 0 radical (unpaired) electrons. The number of ether oxygens (including phenoxy) is 1. The largest absolute Gasteiger partial charge is 0.462 e. The molecule has 0 unspecified atom stereocenters. The van der Waals surface area contributed by atoms with Crippen molar-refractivity contribution in [2.45, 2.75) is 19.9 Å². The van der Waals surface area contributed by atoms with E-state index in [9.17, 15) is 4.79 Å². The summed E-state index contributed by atoms with van der Waals surface area (Å²) in [5.74, 6) is 0.125. The SMILES string of the molecule is CCOC(=O)c1cc(Cc2ccccc2)sc1NC(=S)Nc1nn(Cc2ccc(Cl)cc2Cl)cc1Br. The highest BCUT2D eigenvalue weighted by molar-refractivity contribution is 9.10. The molecule has 0 aliphatic heterocycles. The Balaban J connectivity index is 1.48. The van der Waals surface area contributed by atoms with Crippen LogP contribution in [0.5, 0.6) is 0 Å². The predicted octanol–water partition coefficient (Wildman–Crippen LogP) is 7.64. The molecular weight excluding hydrogens is 603 g/mol. The summed E-state index contributed by atoms with van der Waals surface area (Å²) >= 11 is 22.8. The van der Waals surface area contributed by atoms with Crippen LogP contribution in [-0.4, -0.2) is 27.5 Å². The molecule has 186 valence electrons. The van der Waals surface area contributed by atoms with Crippen molar-refractivity contribution < 1.29 is 9.53 Å². The van der Waals surface area contributed by atoms with Gasteiger partial charge < -0.3 is 15.4 Å². The first-order valence-electron chi connectivity index (χ1n) is 10.9. The van der Waals surface area contributed by atoms with Crippen LogP contribution in [0, 0.1) is 0 Å². The molecule has 11 heteroatoms. The van der Waals surface area contributed by atoms with Crippen LogP contribution in [0.25, 0.3) is 0 Å². The van der Waals surface area contributed by atoms with E-state index in [1.165, 1.54) is 11.3 Å². The Morgan fingerprint density at radius 1 is 1.17 bits per heavy atom. The molecule has 0 saturated carbocycles. The Kier molecular flexibility index (Phi) is 9.03. The second-order valence-corrected chi connectivity index (χ2v) is 10.9. The van der Waals surface area contributed by atoms with Gasteiger partial charge in [-0.3, -0.25) is 4.68 Å². The van der Waals surface area contributed by atoms with Crippen LogP contribution in [0.15, 0.2) is 65.3 Å². The average Bonchev–Trinajstić information content (AvgIpc) is 3.38. The van der Waals surface area contributed by atoms with Gasteiger partial charge in [-0.15, -0.1) is 11.3 Å². The van der Waals surface area contributed by atoms with E-state index in [1.807, 2.05) is 48.7 Å². The van der Waals surface area contributed by atoms with E-state index in [0.717, 1.165) is 20.5 Å². The zero-order chi connectivity index (χ0) is 25.7. The minimum Gasteiger partial charge on any atom is -0.462 e. The Morgan fingerprint density at radius 3 is 2.67 bits per heavy atom. The lowest BCUT2D eigenvalue weighted by Gasteiger charge is -2.09. The quantitative estimate of drug-likeness (QED) is 0.155. The average molecular weight is 624 g/mol. The minimum atomic E-state index is -0.399. The van der Waals surface area contributed by atoms with Gasteiger partial charge in [-0.1, -0.05) is 59.6 Å². The summed E-state index contributed by atoms with van der Waals surface area (Å²) in [4.78, 5) is 13.6. The first-order valence-corrected chi connectivity index (χ1v) is 13.7. The zero-order valence-corrected chi connectivity index (χ0v) is 23.8. The van der Waals surface area contributed by atoms with Crippen LogP contribution in [-0.2, 0) is 17.7 Å². The molecule has 0 saturated heterocycles. The van der Waals surface area contributed by atoms with Crippen LogP contribution < -0.4 is 10.6 Å². The van der Waals surface area contributed by atoms with Gasteiger partial charge in [0.2, 0.25) is 0 Å². The van der Waals surface area contributed by atoms with E-state index in [1.54, 1.807) is 23.7 Å². The van der Waals surface area contributed by atoms with Gasteiger partial charge in [-0.2, -0.15) is 5.10 Å². The second kappa shape index (κ2) is 12.2. The van der Waals surface area contributed by atoms with Gasteiger partial charge in [0.15, 0.2) is 10.9 Å². The number of hydrogen-bond donors (Lipinski definition) is 2. The van der Waals surface area contributed by atoms with Gasteiger partial charge in [0.1, 0.15) is 5.00 Å². The normalized spacial score (nSPS) is 10.8. The van der Waals surface area contributed by atoms with Crippen molar-refractivity contribution in [1.82, 2.24) is 9.78 Å². The van der Waals surface area contributed by atoms with Crippen molar-refractivity contribution in [2.75, 3.05) is 17.2 Å². The molecule has 0 aliphatic carbocycles. The summed E-state index contributed by atoms with van der Waals surface area (Å²) in [6.45, 7) is 2.52. The fourth-order valence-corrected chi connectivity index (χ4v) is 5.64. The molecule has 0 amide bonds. The number of thiophene rings is 1. The molecule has 0 fully saturated rings. The Bertz CT molecular complexity index is 1390. The van der Waals surface area contributed by atoms with E-state index in [4.69, 9.17) is 40.2 Å². The number of nitrogens with zero attached hydrogens (tertiary/aromatic N) is 2. The standard InChI is InChI=1S/C25H21BrCl2N4O2S2/c1-2-34-24(33)19-12-18(10-15-6-4-3-5-7-15)36-23(19)30-25(35)29-22-20(26)14-32(31-22)13-16-8-9-17(27)11-21(16)28/h3-9,11-12,14H,2,10,13H2,1H3,(H2,29,30,31,35). The number of esters is 1. The van der Waals surface area contributed by atoms with Gasteiger partial charge in [0.25, 0.3) is 0 Å². The molecule has 6 nitrogen and oxygen atoms in total. The van der Waals surface area contributed by atoms with E-state index in [-0.39, 0.29) is 6.61 Å². The minimum absolute atomic E-state index is 0.285. The van der Waals surface area contributed by atoms with Crippen molar-refractivity contribution in [2.24, 2.45) is 0 Å². The fraction of sp³-hybridized carbons (Fsp3) is 0.160. The number of thiocarbonyl (C=S) groups is 1. The fourth-order valence-electron chi connectivity index (χ4n) is 3.41. The van der Waals surface area contributed by atoms with Crippen LogP contribution >= 0.6 is 62.7 Å². The van der Waals surface area contributed by atoms with Gasteiger partial charge in [0.05, 0.1) is 23.2 Å². The topological polar surface area (TPSA) is 68.2 Å². The van der Waals surface area contributed by atoms with E-state index < -0.39 is 5.97 Å². The first-order chi connectivity index (χ1) is 17.3.